The number of carbonyl (C=O) groups excluding carboxylic acids is 2. The fourth-order valence-electron chi connectivity index (χ4n) is 5.79. The highest BCUT2D eigenvalue weighted by molar-refractivity contribution is 6.18. The number of methoxy groups -OCH3 is 2. The Hall–Kier alpha value is -4.76. The third-order valence-corrected chi connectivity index (χ3v) is 8.20. The van der Waals surface area contributed by atoms with Gasteiger partial charge in [-0.05, 0) is 81.2 Å². The van der Waals surface area contributed by atoms with Gasteiger partial charge in [0.2, 0.25) is 5.91 Å². The second-order valence-corrected chi connectivity index (χ2v) is 11.3. The van der Waals surface area contributed by atoms with Crippen molar-refractivity contribution in [3.8, 4) is 22.9 Å². The predicted molar refractivity (Wildman–Crippen MR) is 167 cm³/mol. The van der Waals surface area contributed by atoms with Gasteiger partial charge in [0, 0.05) is 23.7 Å². The van der Waals surface area contributed by atoms with E-state index < -0.39 is 5.41 Å². The Kier molecular flexibility index (Phi) is 7.58. The molecule has 0 saturated heterocycles. The molecule has 0 unspecified atom stereocenters. The maximum atomic E-state index is 13.9. The Labute approximate surface area is 250 Å². The van der Waals surface area contributed by atoms with Crippen molar-refractivity contribution < 1.29 is 19.1 Å². The van der Waals surface area contributed by atoms with Crippen molar-refractivity contribution in [1.82, 2.24) is 25.2 Å². The van der Waals surface area contributed by atoms with Crippen LogP contribution in [0.4, 0.5) is 0 Å². The molecule has 9 heteroatoms. The lowest BCUT2D eigenvalue weighted by molar-refractivity contribution is -0.134. The number of imide groups is 1. The topological polar surface area (TPSA) is 109 Å². The second-order valence-electron chi connectivity index (χ2n) is 11.3. The SMILES string of the molecule is COc1ccc(CCNCCCN2C(=O)c3c(ccc4[nH]c(-c5cnc6ccccc6c5)nc34)C(C)(C)C2=O)cc1OC. The summed E-state index contributed by atoms with van der Waals surface area (Å²) in [6, 6.07) is 19.6. The minimum atomic E-state index is -0.859. The first-order chi connectivity index (χ1) is 20.8. The lowest BCUT2D eigenvalue weighted by Gasteiger charge is -2.37. The summed E-state index contributed by atoms with van der Waals surface area (Å²) in [6.07, 6.45) is 3.24. The van der Waals surface area contributed by atoms with Crippen LogP contribution in [0, 0.1) is 0 Å². The molecule has 2 aromatic heterocycles. The minimum Gasteiger partial charge on any atom is -0.493 e. The van der Waals surface area contributed by atoms with Gasteiger partial charge >= 0.3 is 0 Å². The number of nitrogens with zero attached hydrogens (tertiary/aromatic N) is 3. The molecular weight excluding hydrogens is 542 g/mol. The van der Waals surface area contributed by atoms with Crippen molar-refractivity contribution in [2.75, 3.05) is 33.9 Å². The van der Waals surface area contributed by atoms with Crippen molar-refractivity contribution >= 4 is 33.8 Å². The molecule has 6 rings (SSSR count). The van der Waals surface area contributed by atoms with Crippen LogP contribution < -0.4 is 14.8 Å². The molecule has 220 valence electrons. The van der Waals surface area contributed by atoms with Crippen molar-refractivity contribution in [2.24, 2.45) is 0 Å². The molecule has 3 aromatic carbocycles. The number of aromatic amines is 1. The van der Waals surface area contributed by atoms with E-state index in [-0.39, 0.29) is 11.8 Å². The van der Waals surface area contributed by atoms with Gasteiger partial charge in [0.05, 0.1) is 36.2 Å². The Bertz CT molecular complexity index is 1840. The van der Waals surface area contributed by atoms with Gasteiger partial charge in [-0.15, -0.1) is 0 Å². The molecular formula is C34H35N5O4. The number of imidazole rings is 1. The lowest BCUT2D eigenvalue weighted by atomic mass is 9.76. The molecule has 3 heterocycles. The number of para-hydroxylation sites is 1. The van der Waals surface area contributed by atoms with E-state index in [0.29, 0.717) is 53.5 Å². The lowest BCUT2D eigenvalue weighted by Crippen LogP contribution is -2.52. The second kappa shape index (κ2) is 11.5. The van der Waals surface area contributed by atoms with Gasteiger partial charge in [0.15, 0.2) is 11.5 Å². The summed E-state index contributed by atoms with van der Waals surface area (Å²) >= 11 is 0. The van der Waals surface area contributed by atoms with Crippen LogP contribution in [0.2, 0.25) is 0 Å². The molecule has 1 aliphatic heterocycles. The summed E-state index contributed by atoms with van der Waals surface area (Å²) in [4.78, 5) is 41.6. The summed E-state index contributed by atoms with van der Waals surface area (Å²) in [6.45, 7) is 5.50. The molecule has 0 aliphatic carbocycles. The average Bonchev–Trinajstić information content (AvgIpc) is 3.47. The van der Waals surface area contributed by atoms with E-state index in [1.54, 1.807) is 20.4 Å². The van der Waals surface area contributed by atoms with Crippen LogP contribution in [-0.4, -0.2) is 65.5 Å². The van der Waals surface area contributed by atoms with Crippen LogP contribution in [0.3, 0.4) is 0 Å². The van der Waals surface area contributed by atoms with Crippen LogP contribution in [0.5, 0.6) is 11.5 Å². The Morgan fingerprint density at radius 2 is 1.77 bits per heavy atom. The average molecular weight is 578 g/mol. The van der Waals surface area contributed by atoms with E-state index >= 15 is 0 Å². The highest BCUT2D eigenvalue weighted by atomic mass is 16.5. The smallest absolute Gasteiger partial charge is 0.263 e. The van der Waals surface area contributed by atoms with E-state index in [1.807, 2.05) is 74.5 Å². The highest BCUT2D eigenvalue weighted by Gasteiger charge is 2.45. The number of rotatable bonds is 10. The number of ether oxygens (including phenoxy) is 2. The zero-order valence-corrected chi connectivity index (χ0v) is 24.9. The molecule has 2 N–H and O–H groups in total. The minimum absolute atomic E-state index is 0.191. The maximum Gasteiger partial charge on any atom is 0.263 e. The summed E-state index contributed by atoms with van der Waals surface area (Å²) in [7, 11) is 3.25. The number of carbonyl (C=O) groups is 2. The molecule has 43 heavy (non-hydrogen) atoms. The fourth-order valence-corrected chi connectivity index (χ4v) is 5.79. The summed E-state index contributed by atoms with van der Waals surface area (Å²) in [5.41, 5.74) is 4.52. The van der Waals surface area contributed by atoms with Crippen molar-refractivity contribution in [3.05, 3.63) is 83.6 Å². The number of nitrogens with one attached hydrogen (secondary N) is 2. The first-order valence-electron chi connectivity index (χ1n) is 14.5. The number of H-pyrrole nitrogens is 1. The van der Waals surface area contributed by atoms with E-state index in [4.69, 9.17) is 14.5 Å². The van der Waals surface area contributed by atoms with Crippen LogP contribution in [0.25, 0.3) is 33.3 Å². The van der Waals surface area contributed by atoms with Gasteiger partial charge < -0.3 is 19.8 Å². The van der Waals surface area contributed by atoms with E-state index in [0.717, 1.165) is 40.5 Å². The fraction of sp³-hybridized carbons (Fsp3) is 0.294. The molecule has 1 aliphatic rings. The Morgan fingerprint density at radius 3 is 2.58 bits per heavy atom. The van der Waals surface area contributed by atoms with Gasteiger partial charge in [0.25, 0.3) is 5.91 Å². The number of aromatic nitrogens is 3. The molecule has 0 atom stereocenters. The van der Waals surface area contributed by atoms with Crippen molar-refractivity contribution in [2.45, 2.75) is 32.1 Å². The number of hydrogen-bond donors (Lipinski definition) is 2. The maximum absolute atomic E-state index is 13.9. The number of amides is 2. The molecule has 0 fully saturated rings. The number of hydrogen-bond acceptors (Lipinski definition) is 7. The monoisotopic (exact) mass is 577 g/mol. The van der Waals surface area contributed by atoms with Crippen LogP contribution >= 0.6 is 0 Å². The molecule has 2 amide bonds. The molecule has 0 radical (unpaired) electrons. The quantitative estimate of drug-likeness (QED) is 0.172. The predicted octanol–water partition coefficient (Wildman–Crippen LogP) is 5.28. The number of benzene rings is 3. The Balaban J connectivity index is 1.17. The molecule has 0 saturated carbocycles. The van der Waals surface area contributed by atoms with Crippen LogP contribution in [0.15, 0.2) is 66.9 Å². The first-order valence-corrected chi connectivity index (χ1v) is 14.5. The van der Waals surface area contributed by atoms with E-state index in [2.05, 4.69) is 15.3 Å². The highest BCUT2D eigenvalue weighted by Crippen LogP contribution is 2.38. The summed E-state index contributed by atoms with van der Waals surface area (Å²) < 4.78 is 10.7. The number of pyridine rings is 1. The number of fused-ring (bicyclic) bond motifs is 4. The van der Waals surface area contributed by atoms with E-state index in [1.165, 1.54) is 4.90 Å². The molecule has 9 nitrogen and oxygen atoms in total. The largest absolute Gasteiger partial charge is 0.493 e. The normalized spacial score (nSPS) is 14.4. The van der Waals surface area contributed by atoms with Gasteiger partial charge in [-0.2, -0.15) is 0 Å². The molecule has 0 bridgehead atoms. The van der Waals surface area contributed by atoms with Crippen molar-refractivity contribution in [3.63, 3.8) is 0 Å². The third kappa shape index (κ3) is 5.21. The zero-order valence-electron chi connectivity index (χ0n) is 24.9. The van der Waals surface area contributed by atoms with E-state index in [9.17, 15) is 9.59 Å². The zero-order chi connectivity index (χ0) is 30.1. The Morgan fingerprint density at radius 1 is 0.953 bits per heavy atom. The van der Waals surface area contributed by atoms with Crippen LogP contribution in [0.1, 0.15) is 41.8 Å². The van der Waals surface area contributed by atoms with Crippen LogP contribution in [-0.2, 0) is 16.6 Å². The summed E-state index contributed by atoms with van der Waals surface area (Å²) in [5, 5.41) is 4.44. The molecule has 5 aromatic rings. The van der Waals surface area contributed by atoms with Gasteiger partial charge in [-0.25, -0.2) is 4.98 Å². The molecule has 0 spiro atoms. The third-order valence-electron chi connectivity index (χ3n) is 8.20. The van der Waals surface area contributed by atoms with Gasteiger partial charge in [-0.3, -0.25) is 19.5 Å². The van der Waals surface area contributed by atoms with Gasteiger partial charge in [-0.1, -0.05) is 30.3 Å². The van der Waals surface area contributed by atoms with Gasteiger partial charge in [0.1, 0.15) is 11.3 Å². The summed E-state index contributed by atoms with van der Waals surface area (Å²) in [5.74, 6) is 1.55. The first kappa shape index (κ1) is 28.4. The standard InChI is InChI=1S/C34H35N5O4/c1-34(2)24-11-12-26-30(38-31(37-26)23-19-22-8-5-6-9-25(22)36-20-23)29(24)32(40)39(33(34)41)17-7-15-35-16-14-21-10-13-27(42-3)28(18-21)43-4/h5-6,8-13,18-20,35H,7,14-17H2,1-4H3,(H,37,38). The van der Waals surface area contributed by atoms with Crippen molar-refractivity contribution in [1.29, 1.82) is 0 Å².